The van der Waals surface area contributed by atoms with Crippen molar-refractivity contribution in [2.45, 2.75) is 26.2 Å². The highest BCUT2D eigenvalue weighted by Gasteiger charge is 2.42. The maximum atomic E-state index is 13.2. The number of rotatable bonds is 3. The van der Waals surface area contributed by atoms with Crippen LogP contribution in [0.15, 0.2) is 42.6 Å². The molecule has 3 rings (SSSR count). The topological polar surface area (TPSA) is 59.8 Å². The molecule has 2 heterocycles. The van der Waals surface area contributed by atoms with E-state index in [-0.39, 0.29) is 22.1 Å². The zero-order valence-corrected chi connectivity index (χ0v) is 15.6. The molecular weight excluding hydrogens is 414 g/mol. The Morgan fingerprint density at radius 3 is 2.13 bits per heavy atom. The van der Waals surface area contributed by atoms with Crippen molar-refractivity contribution in [3.8, 4) is 5.69 Å². The van der Waals surface area contributed by atoms with Gasteiger partial charge in [-0.2, -0.15) is 31.4 Å². The number of nitrogens with one attached hydrogen (secondary N) is 1. The highest BCUT2D eigenvalue weighted by molar-refractivity contribution is 6.06. The summed E-state index contributed by atoms with van der Waals surface area (Å²) in [5.41, 5.74) is -1.70. The first-order valence-electron chi connectivity index (χ1n) is 8.46. The Kier molecular flexibility index (Phi) is 5.31. The van der Waals surface area contributed by atoms with Crippen molar-refractivity contribution in [3.05, 3.63) is 70.8 Å². The number of aryl methyl sites for hydroxylation is 2. The molecule has 1 N–H and O–H groups in total. The molecular formula is C19H14F6N4O. The molecule has 0 fully saturated rings. The van der Waals surface area contributed by atoms with Gasteiger partial charge in [0.05, 0.1) is 16.9 Å². The minimum absolute atomic E-state index is 0.0519. The van der Waals surface area contributed by atoms with Gasteiger partial charge in [-0.05, 0) is 49.7 Å². The molecule has 0 atom stereocenters. The number of amides is 1. The predicted octanol–water partition coefficient (Wildman–Crippen LogP) is 5.17. The molecule has 0 aliphatic heterocycles. The average molecular weight is 428 g/mol. The lowest BCUT2D eigenvalue weighted by molar-refractivity contribution is -0.143. The molecule has 0 aliphatic carbocycles. The third-order valence-electron chi connectivity index (χ3n) is 4.24. The fraction of sp³-hybridized carbons (Fsp3) is 0.211. The van der Waals surface area contributed by atoms with E-state index in [1.54, 1.807) is 26.1 Å². The quantitative estimate of drug-likeness (QED) is 0.586. The van der Waals surface area contributed by atoms with Gasteiger partial charge >= 0.3 is 12.4 Å². The number of nitrogens with zero attached hydrogens (tertiary/aromatic N) is 3. The van der Waals surface area contributed by atoms with Gasteiger partial charge in [0.1, 0.15) is 5.69 Å². The minimum atomic E-state index is -5.04. The van der Waals surface area contributed by atoms with Crippen LogP contribution < -0.4 is 5.32 Å². The summed E-state index contributed by atoms with van der Waals surface area (Å²) in [6.07, 6.45) is -8.52. The monoisotopic (exact) mass is 428 g/mol. The Morgan fingerprint density at radius 2 is 1.60 bits per heavy atom. The first-order chi connectivity index (χ1) is 13.9. The first kappa shape index (κ1) is 21.3. The smallest absolute Gasteiger partial charge is 0.322 e. The Labute approximate surface area is 166 Å². The summed E-state index contributed by atoms with van der Waals surface area (Å²) < 4.78 is 78.1. The number of halogens is 6. The van der Waals surface area contributed by atoms with Gasteiger partial charge in [-0.1, -0.05) is 0 Å². The van der Waals surface area contributed by atoms with Crippen LogP contribution in [0.4, 0.5) is 32.0 Å². The summed E-state index contributed by atoms with van der Waals surface area (Å²) in [4.78, 5) is 16.5. The Morgan fingerprint density at radius 1 is 0.967 bits per heavy atom. The highest BCUT2D eigenvalue weighted by atomic mass is 19.4. The van der Waals surface area contributed by atoms with Crippen LogP contribution >= 0.6 is 0 Å². The molecule has 2 aromatic heterocycles. The van der Waals surface area contributed by atoms with Crippen molar-refractivity contribution in [1.29, 1.82) is 0 Å². The zero-order valence-electron chi connectivity index (χ0n) is 15.6. The molecule has 0 bridgehead atoms. The number of anilines is 1. The van der Waals surface area contributed by atoms with Crippen LogP contribution in [0.3, 0.4) is 0 Å². The van der Waals surface area contributed by atoms with E-state index in [9.17, 15) is 31.1 Å². The number of hydrogen-bond acceptors (Lipinski definition) is 3. The number of pyridine rings is 1. The SMILES string of the molecule is Cc1ccnc(C)c1C(=O)Nc1ccc(-n2nc(C(F)(F)F)cc2C(F)(F)F)cc1. The van der Waals surface area contributed by atoms with E-state index in [1.165, 1.54) is 12.1 Å². The van der Waals surface area contributed by atoms with Crippen molar-refractivity contribution in [2.24, 2.45) is 0 Å². The van der Waals surface area contributed by atoms with E-state index in [2.05, 4.69) is 15.4 Å². The van der Waals surface area contributed by atoms with Crippen molar-refractivity contribution in [3.63, 3.8) is 0 Å². The Bertz CT molecular complexity index is 1060. The number of aromatic nitrogens is 3. The second kappa shape index (κ2) is 7.47. The van der Waals surface area contributed by atoms with Crippen LogP contribution in [0.5, 0.6) is 0 Å². The molecule has 0 radical (unpaired) electrons. The van der Waals surface area contributed by atoms with E-state index in [0.717, 1.165) is 12.1 Å². The average Bonchev–Trinajstić information content (AvgIpc) is 3.08. The van der Waals surface area contributed by atoms with Gasteiger partial charge in [-0.25, -0.2) is 4.68 Å². The summed E-state index contributed by atoms with van der Waals surface area (Å²) in [7, 11) is 0. The van der Waals surface area contributed by atoms with Crippen molar-refractivity contribution in [2.75, 3.05) is 5.32 Å². The van der Waals surface area contributed by atoms with Gasteiger partial charge in [0, 0.05) is 18.0 Å². The first-order valence-corrected chi connectivity index (χ1v) is 8.46. The number of carbonyl (C=O) groups is 1. The molecule has 1 amide bonds. The summed E-state index contributed by atoms with van der Waals surface area (Å²) in [5.74, 6) is -0.472. The molecule has 1 aromatic carbocycles. The second-order valence-corrected chi connectivity index (χ2v) is 6.41. The lowest BCUT2D eigenvalue weighted by Gasteiger charge is -2.12. The third kappa shape index (κ3) is 4.29. The zero-order chi connectivity index (χ0) is 22.3. The molecule has 5 nitrogen and oxygen atoms in total. The molecule has 11 heteroatoms. The molecule has 0 saturated carbocycles. The van der Waals surface area contributed by atoms with Crippen LogP contribution in [0.1, 0.15) is 33.0 Å². The summed E-state index contributed by atoms with van der Waals surface area (Å²) in [6, 6.07) is 6.39. The Balaban J connectivity index is 1.91. The van der Waals surface area contributed by atoms with Crippen molar-refractivity contribution < 1.29 is 31.1 Å². The second-order valence-electron chi connectivity index (χ2n) is 6.41. The summed E-state index contributed by atoms with van der Waals surface area (Å²) in [5, 5.41) is 5.64. The van der Waals surface area contributed by atoms with E-state index in [1.807, 2.05) is 0 Å². The van der Waals surface area contributed by atoms with E-state index < -0.39 is 29.6 Å². The number of benzene rings is 1. The van der Waals surface area contributed by atoms with Crippen molar-refractivity contribution >= 4 is 11.6 Å². The standard InChI is InChI=1S/C19H14F6N4O/c1-10-7-8-26-11(2)16(10)17(30)27-12-3-5-13(6-4-12)29-15(19(23,24)25)9-14(28-29)18(20,21)22/h3-9H,1-2H3,(H,27,30). The van der Waals surface area contributed by atoms with Crippen LogP contribution in [-0.4, -0.2) is 20.7 Å². The van der Waals surface area contributed by atoms with Gasteiger partial charge in [-0.3, -0.25) is 9.78 Å². The fourth-order valence-electron chi connectivity index (χ4n) is 2.84. The molecule has 0 spiro atoms. The van der Waals surface area contributed by atoms with Crippen LogP contribution in [0.25, 0.3) is 5.69 Å². The number of alkyl halides is 6. The lowest BCUT2D eigenvalue weighted by Crippen LogP contribution is -2.16. The molecule has 0 unspecified atom stereocenters. The van der Waals surface area contributed by atoms with Gasteiger partial charge in [0.2, 0.25) is 0 Å². The van der Waals surface area contributed by atoms with Crippen molar-refractivity contribution in [1.82, 2.24) is 14.8 Å². The number of carbonyl (C=O) groups excluding carboxylic acids is 1. The third-order valence-corrected chi connectivity index (χ3v) is 4.24. The van der Waals surface area contributed by atoms with E-state index >= 15 is 0 Å². The van der Waals surface area contributed by atoms with Gasteiger partial charge in [-0.15, -0.1) is 0 Å². The molecule has 3 aromatic rings. The van der Waals surface area contributed by atoms with E-state index in [0.29, 0.717) is 16.8 Å². The van der Waals surface area contributed by atoms with Gasteiger partial charge in [0.25, 0.3) is 5.91 Å². The summed E-state index contributed by atoms with van der Waals surface area (Å²) in [6.45, 7) is 3.38. The highest BCUT2D eigenvalue weighted by Crippen LogP contribution is 2.36. The van der Waals surface area contributed by atoms with Gasteiger partial charge < -0.3 is 5.32 Å². The van der Waals surface area contributed by atoms with E-state index in [4.69, 9.17) is 0 Å². The lowest BCUT2D eigenvalue weighted by atomic mass is 10.1. The van der Waals surface area contributed by atoms with Crippen LogP contribution in [0, 0.1) is 13.8 Å². The fourth-order valence-corrected chi connectivity index (χ4v) is 2.84. The maximum Gasteiger partial charge on any atom is 0.435 e. The van der Waals surface area contributed by atoms with Gasteiger partial charge in [0.15, 0.2) is 5.69 Å². The Hall–Kier alpha value is -3.37. The van der Waals surface area contributed by atoms with Crippen LogP contribution in [0.2, 0.25) is 0 Å². The largest absolute Gasteiger partial charge is 0.435 e. The molecule has 158 valence electrons. The normalized spacial score (nSPS) is 12.1. The number of hydrogen-bond donors (Lipinski definition) is 1. The minimum Gasteiger partial charge on any atom is -0.322 e. The van der Waals surface area contributed by atoms with Crippen LogP contribution in [-0.2, 0) is 12.4 Å². The predicted molar refractivity (Wildman–Crippen MR) is 95.2 cm³/mol. The molecule has 0 saturated heterocycles. The summed E-state index contributed by atoms with van der Waals surface area (Å²) >= 11 is 0. The molecule has 30 heavy (non-hydrogen) atoms. The maximum absolute atomic E-state index is 13.2. The molecule has 0 aliphatic rings.